The van der Waals surface area contributed by atoms with Gasteiger partial charge < -0.3 is 9.88 Å². The Hall–Kier alpha value is -1.61. The number of benzene rings is 1. The maximum atomic E-state index is 4.65. The van der Waals surface area contributed by atoms with E-state index in [1.165, 1.54) is 5.52 Å². The molecule has 1 aromatic carbocycles. The van der Waals surface area contributed by atoms with E-state index in [2.05, 4.69) is 46.6 Å². The smallest absolute Gasteiger partial charge is 0.123 e. The van der Waals surface area contributed by atoms with Gasteiger partial charge >= 0.3 is 0 Å². The third kappa shape index (κ3) is 2.56. The van der Waals surface area contributed by atoms with E-state index < -0.39 is 0 Å². The topological polar surface area (TPSA) is 29.9 Å². The minimum atomic E-state index is 0.787. The third-order valence-corrected chi connectivity index (χ3v) is 2.76. The second-order valence-electron chi connectivity index (χ2n) is 4.32. The zero-order valence-corrected chi connectivity index (χ0v) is 10.5. The highest BCUT2D eigenvalue weighted by atomic mass is 15.1. The molecule has 3 heteroatoms. The van der Waals surface area contributed by atoms with Gasteiger partial charge in [0.1, 0.15) is 5.82 Å². The lowest BCUT2D eigenvalue weighted by molar-refractivity contribution is 0.644. The van der Waals surface area contributed by atoms with Gasteiger partial charge in [-0.15, -0.1) is 0 Å². The molecule has 0 aliphatic rings. The van der Waals surface area contributed by atoms with E-state index in [1.54, 1.807) is 0 Å². The number of nitrogens with zero attached hydrogens (tertiary/aromatic N) is 2. The van der Waals surface area contributed by atoms with Gasteiger partial charge in [0.05, 0.1) is 17.6 Å². The number of hydrogen-bond donors (Lipinski definition) is 1. The van der Waals surface area contributed by atoms with Gasteiger partial charge in [-0.05, 0) is 26.0 Å². The minimum absolute atomic E-state index is 0.787. The van der Waals surface area contributed by atoms with Crippen LogP contribution in [0.2, 0.25) is 0 Å². The van der Waals surface area contributed by atoms with E-state index in [0.29, 0.717) is 0 Å². The molecular weight excluding hydrogens is 210 g/mol. The highest BCUT2D eigenvalue weighted by molar-refractivity contribution is 5.75. The van der Waals surface area contributed by atoms with Gasteiger partial charge in [-0.3, -0.25) is 0 Å². The molecule has 2 rings (SSSR count). The first-order valence-corrected chi connectivity index (χ1v) is 6.01. The molecule has 2 aromatic rings. The standard InChI is InChI=1S/C14H19N3/c1-4-17-13-8-6-5-7-12(13)16-14(17)10-15-9-11(2)3/h5-8,15H,2,4,9-10H2,1,3H3. The fraction of sp³-hybridized carbons (Fsp3) is 0.357. The summed E-state index contributed by atoms with van der Waals surface area (Å²) >= 11 is 0. The summed E-state index contributed by atoms with van der Waals surface area (Å²) in [6.45, 7) is 10.6. The molecule has 0 bridgehead atoms. The Labute approximate surface area is 102 Å². The number of hydrogen-bond acceptors (Lipinski definition) is 2. The zero-order chi connectivity index (χ0) is 12.3. The van der Waals surface area contributed by atoms with Crippen molar-refractivity contribution in [2.45, 2.75) is 26.9 Å². The normalized spacial score (nSPS) is 10.9. The van der Waals surface area contributed by atoms with Gasteiger partial charge in [0.2, 0.25) is 0 Å². The number of fused-ring (bicyclic) bond motifs is 1. The summed E-state index contributed by atoms with van der Waals surface area (Å²) < 4.78 is 2.25. The van der Waals surface area contributed by atoms with Gasteiger partial charge in [-0.1, -0.05) is 24.3 Å². The Bertz CT molecular complexity index is 525. The number of imidazole rings is 1. The monoisotopic (exact) mass is 229 g/mol. The minimum Gasteiger partial charge on any atom is -0.327 e. The molecule has 90 valence electrons. The first-order chi connectivity index (χ1) is 8.22. The molecule has 0 saturated heterocycles. The van der Waals surface area contributed by atoms with Crippen molar-refractivity contribution >= 4 is 11.0 Å². The Morgan fingerprint density at radius 1 is 1.41 bits per heavy atom. The number of nitrogens with one attached hydrogen (secondary N) is 1. The Morgan fingerprint density at radius 3 is 2.88 bits per heavy atom. The van der Waals surface area contributed by atoms with Crippen LogP contribution < -0.4 is 5.32 Å². The molecule has 1 heterocycles. The quantitative estimate of drug-likeness (QED) is 0.799. The molecule has 0 aliphatic carbocycles. The number of rotatable bonds is 5. The number of aromatic nitrogens is 2. The van der Waals surface area contributed by atoms with Gasteiger partial charge in [-0.2, -0.15) is 0 Å². The summed E-state index contributed by atoms with van der Waals surface area (Å²) in [5, 5.41) is 3.35. The molecular formula is C14H19N3. The van der Waals surface area contributed by atoms with Crippen molar-refractivity contribution < 1.29 is 0 Å². The maximum Gasteiger partial charge on any atom is 0.123 e. The highest BCUT2D eigenvalue weighted by Crippen LogP contribution is 2.15. The van der Waals surface area contributed by atoms with Crippen LogP contribution in [-0.4, -0.2) is 16.1 Å². The van der Waals surface area contributed by atoms with Crippen LogP contribution in [0, 0.1) is 0 Å². The number of aryl methyl sites for hydroxylation is 1. The Balaban J connectivity index is 2.24. The van der Waals surface area contributed by atoms with E-state index >= 15 is 0 Å². The van der Waals surface area contributed by atoms with Crippen LogP contribution in [0.1, 0.15) is 19.7 Å². The third-order valence-electron chi connectivity index (χ3n) is 2.76. The van der Waals surface area contributed by atoms with Gasteiger partial charge in [0.15, 0.2) is 0 Å². The van der Waals surface area contributed by atoms with E-state index in [-0.39, 0.29) is 0 Å². The molecule has 0 atom stereocenters. The van der Waals surface area contributed by atoms with Gasteiger partial charge in [0.25, 0.3) is 0 Å². The highest BCUT2D eigenvalue weighted by Gasteiger charge is 2.07. The summed E-state index contributed by atoms with van der Waals surface area (Å²) in [6, 6.07) is 8.26. The van der Waals surface area contributed by atoms with E-state index in [1.807, 2.05) is 13.0 Å². The molecule has 3 nitrogen and oxygen atoms in total. The first kappa shape index (κ1) is 11.9. The van der Waals surface area contributed by atoms with Crippen molar-refractivity contribution in [1.29, 1.82) is 0 Å². The lowest BCUT2D eigenvalue weighted by atomic mass is 10.3. The average molecular weight is 229 g/mol. The summed E-state index contributed by atoms with van der Waals surface area (Å²) in [5.74, 6) is 1.09. The summed E-state index contributed by atoms with van der Waals surface area (Å²) in [4.78, 5) is 4.65. The van der Waals surface area contributed by atoms with Gasteiger partial charge in [-0.25, -0.2) is 4.98 Å². The van der Waals surface area contributed by atoms with Crippen LogP contribution >= 0.6 is 0 Å². The molecule has 0 radical (unpaired) electrons. The molecule has 0 saturated carbocycles. The molecule has 0 fully saturated rings. The average Bonchev–Trinajstić information content (AvgIpc) is 2.66. The molecule has 0 aliphatic heterocycles. The van der Waals surface area contributed by atoms with Crippen molar-refractivity contribution in [3.8, 4) is 0 Å². The lowest BCUT2D eigenvalue weighted by Gasteiger charge is -2.07. The summed E-state index contributed by atoms with van der Waals surface area (Å²) in [5.41, 5.74) is 3.42. The number of para-hydroxylation sites is 2. The fourth-order valence-electron chi connectivity index (χ4n) is 2.00. The molecule has 17 heavy (non-hydrogen) atoms. The van der Waals surface area contributed by atoms with Crippen molar-refractivity contribution in [3.63, 3.8) is 0 Å². The van der Waals surface area contributed by atoms with Crippen LogP contribution in [0.3, 0.4) is 0 Å². The lowest BCUT2D eigenvalue weighted by Crippen LogP contribution is -2.18. The fourth-order valence-corrected chi connectivity index (χ4v) is 2.00. The second-order valence-corrected chi connectivity index (χ2v) is 4.32. The molecule has 0 unspecified atom stereocenters. The van der Waals surface area contributed by atoms with Crippen LogP contribution in [0.4, 0.5) is 0 Å². The van der Waals surface area contributed by atoms with Crippen LogP contribution in [0.25, 0.3) is 11.0 Å². The summed E-state index contributed by atoms with van der Waals surface area (Å²) in [7, 11) is 0. The molecule has 0 spiro atoms. The van der Waals surface area contributed by atoms with Gasteiger partial charge in [0, 0.05) is 13.1 Å². The Kier molecular flexibility index (Phi) is 3.59. The largest absolute Gasteiger partial charge is 0.327 e. The van der Waals surface area contributed by atoms with Crippen molar-refractivity contribution in [3.05, 3.63) is 42.2 Å². The summed E-state index contributed by atoms with van der Waals surface area (Å²) in [6.07, 6.45) is 0. The zero-order valence-electron chi connectivity index (χ0n) is 10.5. The first-order valence-electron chi connectivity index (χ1n) is 6.01. The van der Waals surface area contributed by atoms with E-state index in [0.717, 1.165) is 36.5 Å². The van der Waals surface area contributed by atoms with Crippen LogP contribution in [0.5, 0.6) is 0 Å². The van der Waals surface area contributed by atoms with Crippen molar-refractivity contribution in [1.82, 2.24) is 14.9 Å². The molecule has 0 amide bonds. The van der Waals surface area contributed by atoms with Crippen molar-refractivity contribution in [2.24, 2.45) is 0 Å². The SMILES string of the molecule is C=C(C)CNCc1nc2ccccc2n1CC. The second kappa shape index (κ2) is 5.15. The van der Waals surface area contributed by atoms with Crippen LogP contribution in [0.15, 0.2) is 36.4 Å². The maximum absolute atomic E-state index is 4.65. The molecule has 1 N–H and O–H groups in total. The molecule has 1 aromatic heterocycles. The predicted octanol–water partition coefficient (Wildman–Crippen LogP) is 2.72. The van der Waals surface area contributed by atoms with E-state index in [9.17, 15) is 0 Å². The van der Waals surface area contributed by atoms with E-state index in [4.69, 9.17) is 0 Å². The predicted molar refractivity (Wildman–Crippen MR) is 71.9 cm³/mol. The Morgan fingerprint density at radius 2 is 2.18 bits per heavy atom. The van der Waals surface area contributed by atoms with Crippen molar-refractivity contribution in [2.75, 3.05) is 6.54 Å². The van der Waals surface area contributed by atoms with Crippen LogP contribution in [-0.2, 0) is 13.1 Å².